The molecule has 0 aliphatic rings. The molecule has 0 radical (unpaired) electrons. The summed E-state index contributed by atoms with van der Waals surface area (Å²) < 4.78 is 2.23. The number of fused-ring (bicyclic) bond motifs is 1. The minimum absolute atomic E-state index is 0.452. The smallest absolute Gasteiger partial charge is 0.155 e. The first-order chi connectivity index (χ1) is 8.86. The molecule has 0 unspecified atom stereocenters. The lowest BCUT2D eigenvalue weighted by atomic mass is 10.3. The Bertz CT molecular complexity index is 646. The van der Waals surface area contributed by atoms with Crippen LogP contribution >= 0.6 is 23.1 Å². The van der Waals surface area contributed by atoms with Gasteiger partial charge < -0.3 is 5.73 Å². The number of benzene rings is 1. The number of pyridine rings is 1. The number of hydrogen-bond donors (Lipinski definition) is 1. The van der Waals surface area contributed by atoms with Gasteiger partial charge >= 0.3 is 0 Å². The van der Waals surface area contributed by atoms with E-state index >= 15 is 0 Å². The van der Waals surface area contributed by atoms with Gasteiger partial charge in [0, 0.05) is 17.6 Å². The van der Waals surface area contributed by atoms with E-state index in [-0.39, 0.29) is 0 Å². The van der Waals surface area contributed by atoms with Crippen molar-refractivity contribution in [3.63, 3.8) is 0 Å². The molecule has 2 N–H and O–H groups in total. The van der Waals surface area contributed by atoms with E-state index in [1.165, 1.54) is 4.70 Å². The van der Waals surface area contributed by atoms with E-state index in [0.717, 1.165) is 20.4 Å². The van der Waals surface area contributed by atoms with E-state index in [1.54, 1.807) is 29.3 Å². The van der Waals surface area contributed by atoms with Crippen LogP contribution in [0.25, 0.3) is 10.2 Å². The predicted molar refractivity (Wildman–Crippen MR) is 75.9 cm³/mol. The second kappa shape index (κ2) is 5.06. The van der Waals surface area contributed by atoms with Crippen LogP contribution in [0.15, 0.2) is 51.8 Å². The lowest BCUT2D eigenvalue weighted by molar-refractivity contribution is 0.943. The van der Waals surface area contributed by atoms with Crippen molar-refractivity contribution in [1.29, 1.82) is 0 Å². The van der Waals surface area contributed by atoms with Gasteiger partial charge in [-0.3, -0.25) is 4.98 Å². The van der Waals surface area contributed by atoms with Crippen molar-refractivity contribution in [2.75, 3.05) is 0 Å². The first kappa shape index (κ1) is 11.6. The summed E-state index contributed by atoms with van der Waals surface area (Å²) in [7, 11) is 0. The SMILES string of the molecule is NCc1ncccc1Sc1nc2ccccc2s1. The highest BCUT2D eigenvalue weighted by Gasteiger charge is 2.08. The zero-order valence-electron chi connectivity index (χ0n) is 9.54. The number of rotatable bonds is 3. The van der Waals surface area contributed by atoms with Gasteiger partial charge in [0.1, 0.15) is 0 Å². The van der Waals surface area contributed by atoms with Gasteiger partial charge in [0.25, 0.3) is 0 Å². The van der Waals surface area contributed by atoms with Gasteiger partial charge in [0.2, 0.25) is 0 Å². The maximum atomic E-state index is 5.69. The molecule has 2 aromatic heterocycles. The van der Waals surface area contributed by atoms with Crippen molar-refractivity contribution >= 4 is 33.3 Å². The molecule has 3 aromatic rings. The molecular formula is C13H11N3S2. The van der Waals surface area contributed by atoms with Gasteiger partial charge in [-0.2, -0.15) is 0 Å². The fraction of sp³-hybridized carbons (Fsp3) is 0.0769. The summed E-state index contributed by atoms with van der Waals surface area (Å²) in [4.78, 5) is 9.96. The second-order valence-corrected chi connectivity index (χ2v) is 6.02. The van der Waals surface area contributed by atoms with Gasteiger partial charge in [0.15, 0.2) is 4.34 Å². The number of nitrogens with two attached hydrogens (primary N) is 1. The highest BCUT2D eigenvalue weighted by molar-refractivity contribution is 8.01. The first-order valence-electron chi connectivity index (χ1n) is 5.54. The molecule has 3 nitrogen and oxygen atoms in total. The van der Waals surface area contributed by atoms with Crippen LogP contribution in [0, 0.1) is 0 Å². The topological polar surface area (TPSA) is 51.8 Å². The molecular weight excluding hydrogens is 262 g/mol. The Balaban J connectivity index is 1.96. The van der Waals surface area contributed by atoms with Crippen molar-refractivity contribution < 1.29 is 0 Å². The molecule has 0 aliphatic carbocycles. The summed E-state index contributed by atoms with van der Waals surface area (Å²) in [5, 5.41) is 0. The maximum Gasteiger partial charge on any atom is 0.155 e. The number of hydrogen-bond acceptors (Lipinski definition) is 5. The zero-order chi connectivity index (χ0) is 12.4. The van der Waals surface area contributed by atoms with Crippen LogP contribution in [0.2, 0.25) is 0 Å². The Labute approximate surface area is 113 Å². The standard InChI is InChI=1S/C13H11N3S2/c14-8-10-12(6-3-7-15-10)18-13-16-9-4-1-2-5-11(9)17-13/h1-7H,8,14H2. The predicted octanol–water partition coefficient (Wildman–Crippen LogP) is 3.30. The summed E-state index contributed by atoms with van der Waals surface area (Å²) in [6, 6.07) is 12.1. The highest BCUT2D eigenvalue weighted by Crippen LogP contribution is 2.35. The molecule has 0 saturated heterocycles. The number of para-hydroxylation sites is 1. The lowest BCUT2D eigenvalue weighted by Crippen LogP contribution is -2.00. The third kappa shape index (κ3) is 2.25. The fourth-order valence-corrected chi connectivity index (χ4v) is 3.79. The summed E-state index contributed by atoms with van der Waals surface area (Å²) in [5.74, 6) is 0. The summed E-state index contributed by atoms with van der Waals surface area (Å²) >= 11 is 3.32. The molecule has 5 heteroatoms. The van der Waals surface area contributed by atoms with Crippen LogP contribution in [0.5, 0.6) is 0 Å². The lowest BCUT2D eigenvalue weighted by Gasteiger charge is -2.02. The second-order valence-electron chi connectivity index (χ2n) is 3.70. The number of aromatic nitrogens is 2. The molecule has 0 amide bonds. The van der Waals surface area contributed by atoms with Gasteiger partial charge in [-0.1, -0.05) is 23.9 Å². The molecule has 3 rings (SSSR count). The quantitative estimate of drug-likeness (QED) is 0.795. The van der Waals surface area contributed by atoms with Gasteiger partial charge in [-0.15, -0.1) is 11.3 Å². The third-order valence-corrected chi connectivity index (χ3v) is 4.70. The molecule has 90 valence electrons. The minimum Gasteiger partial charge on any atom is -0.325 e. The minimum atomic E-state index is 0.452. The zero-order valence-corrected chi connectivity index (χ0v) is 11.2. The van der Waals surface area contributed by atoms with Crippen molar-refractivity contribution in [2.45, 2.75) is 15.8 Å². The average Bonchev–Trinajstić information content (AvgIpc) is 2.81. The fourth-order valence-electron chi connectivity index (χ4n) is 1.66. The third-order valence-electron chi connectivity index (χ3n) is 2.51. The van der Waals surface area contributed by atoms with E-state index in [2.05, 4.69) is 16.0 Å². The molecule has 0 bridgehead atoms. The van der Waals surface area contributed by atoms with Crippen LogP contribution in [0.4, 0.5) is 0 Å². The van der Waals surface area contributed by atoms with Crippen LogP contribution < -0.4 is 5.73 Å². The van der Waals surface area contributed by atoms with Crippen LogP contribution in [-0.4, -0.2) is 9.97 Å². The Morgan fingerprint density at radius 2 is 2.06 bits per heavy atom. The maximum absolute atomic E-state index is 5.69. The molecule has 0 fully saturated rings. The average molecular weight is 273 g/mol. The molecule has 1 aromatic carbocycles. The van der Waals surface area contributed by atoms with Crippen molar-refractivity contribution in [3.8, 4) is 0 Å². The summed E-state index contributed by atoms with van der Waals surface area (Å²) in [5.41, 5.74) is 7.65. The van der Waals surface area contributed by atoms with Crippen LogP contribution in [0.3, 0.4) is 0 Å². The van der Waals surface area contributed by atoms with Crippen LogP contribution in [0.1, 0.15) is 5.69 Å². The Morgan fingerprint density at radius 1 is 1.17 bits per heavy atom. The van der Waals surface area contributed by atoms with E-state index in [0.29, 0.717) is 6.54 Å². The normalized spacial score (nSPS) is 10.9. The van der Waals surface area contributed by atoms with E-state index < -0.39 is 0 Å². The monoisotopic (exact) mass is 273 g/mol. The summed E-state index contributed by atoms with van der Waals surface area (Å²) in [6.07, 6.45) is 1.77. The number of thiazole rings is 1. The van der Waals surface area contributed by atoms with E-state index in [9.17, 15) is 0 Å². The summed E-state index contributed by atoms with van der Waals surface area (Å²) in [6.45, 7) is 0.452. The van der Waals surface area contributed by atoms with Crippen molar-refractivity contribution in [3.05, 3.63) is 48.3 Å². The molecule has 0 aliphatic heterocycles. The van der Waals surface area contributed by atoms with Crippen molar-refractivity contribution in [1.82, 2.24) is 9.97 Å². The Hall–Kier alpha value is -1.43. The Kier molecular flexibility index (Phi) is 3.27. The largest absolute Gasteiger partial charge is 0.325 e. The van der Waals surface area contributed by atoms with Crippen molar-refractivity contribution in [2.24, 2.45) is 5.73 Å². The van der Waals surface area contributed by atoms with Gasteiger partial charge in [-0.05, 0) is 24.3 Å². The molecule has 2 heterocycles. The van der Waals surface area contributed by atoms with E-state index in [1.807, 2.05) is 30.3 Å². The Morgan fingerprint density at radius 3 is 2.89 bits per heavy atom. The highest BCUT2D eigenvalue weighted by atomic mass is 32.2. The molecule has 0 atom stereocenters. The van der Waals surface area contributed by atoms with E-state index in [4.69, 9.17) is 5.73 Å². The molecule has 0 saturated carbocycles. The number of nitrogens with zero attached hydrogens (tertiary/aromatic N) is 2. The first-order valence-corrected chi connectivity index (χ1v) is 7.17. The van der Waals surface area contributed by atoms with Gasteiger partial charge in [0.05, 0.1) is 15.9 Å². The van der Waals surface area contributed by atoms with Crippen LogP contribution in [-0.2, 0) is 6.54 Å². The molecule has 18 heavy (non-hydrogen) atoms. The molecule has 0 spiro atoms. The van der Waals surface area contributed by atoms with Gasteiger partial charge in [-0.25, -0.2) is 4.98 Å².